The first-order chi connectivity index (χ1) is 21.3. The summed E-state index contributed by atoms with van der Waals surface area (Å²) in [5.74, 6) is -8.78. The molecule has 1 unspecified atom stereocenters. The van der Waals surface area contributed by atoms with Crippen molar-refractivity contribution in [2.24, 2.45) is 23.7 Å². The van der Waals surface area contributed by atoms with Crippen molar-refractivity contribution in [3.8, 4) is 0 Å². The third kappa shape index (κ3) is 5.86. The third-order valence-corrected chi connectivity index (χ3v) is 8.22. The number of ether oxygens (including phenoxy) is 4. The highest BCUT2D eigenvalue weighted by atomic mass is 16.6. The first-order valence-electron chi connectivity index (χ1n) is 14.6. The number of esters is 3. The molecule has 0 bridgehead atoms. The van der Waals surface area contributed by atoms with Gasteiger partial charge in [-0.25, -0.2) is 14.5 Å². The number of allylic oxidation sites excluding steroid dienone is 1. The van der Waals surface area contributed by atoms with E-state index in [4.69, 9.17) is 18.9 Å². The number of carbonyl (C=O) groups is 6. The van der Waals surface area contributed by atoms with Crippen molar-refractivity contribution < 1.29 is 47.7 Å². The second kappa shape index (κ2) is 13.1. The Bertz CT molecular complexity index is 1510. The number of hydrogen-bond acceptors (Lipinski definition) is 10. The van der Waals surface area contributed by atoms with Crippen LogP contribution in [0.3, 0.4) is 0 Å². The number of para-hydroxylation sites is 1. The molecular formula is C34H37NO10. The molecule has 4 rings (SSSR count). The molecule has 0 N–H and O–H groups in total. The summed E-state index contributed by atoms with van der Waals surface area (Å²) >= 11 is 0. The van der Waals surface area contributed by atoms with Crippen LogP contribution in [0.25, 0.3) is 0 Å². The number of benzene rings is 2. The average Bonchev–Trinajstić information content (AvgIpc) is 3.28. The van der Waals surface area contributed by atoms with Gasteiger partial charge in [-0.2, -0.15) is 0 Å². The van der Waals surface area contributed by atoms with Crippen molar-refractivity contribution >= 4 is 41.4 Å². The minimum absolute atomic E-state index is 0.0469. The molecule has 238 valence electrons. The molecule has 45 heavy (non-hydrogen) atoms. The quantitative estimate of drug-likeness (QED) is 0.130. The van der Waals surface area contributed by atoms with E-state index in [0.29, 0.717) is 5.56 Å². The number of ketones is 1. The van der Waals surface area contributed by atoms with Crippen LogP contribution in [0.2, 0.25) is 0 Å². The number of carbonyl (C=O) groups excluding carboxylic acids is 6. The Morgan fingerprint density at radius 3 is 2.11 bits per heavy atom. The van der Waals surface area contributed by atoms with Gasteiger partial charge >= 0.3 is 24.0 Å². The molecule has 2 amide bonds. The molecule has 2 aliphatic rings. The SMILES string of the molecule is CCOC(=O)/C=C/C[C@@H]1[C@@H](C(C(=O)OC)C(=O)OC)C(C(=O)c2ccccc2)[C@@]12C(=O)N(C(=O)OC(C)(C)C)c1ccccc12. The molecule has 4 atom stereocenters. The Morgan fingerprint density at radius 2 is 1.53 bits per heavy atom. The van der Waals surface area contributed by atoms with Crippen molar-refractivity contribution in [2.45, 2.75) is 45.1 Å². The van der Waals surface area contributed by atoms with Gasteiger partial charge in [0.2, 0.25) is 5.91 Å². The van der Waals surface area contributed by atoms with Crippen LogP contribution in [0.15, 0.2) is 66.7 Å². The fraction of sp³-hybridized carbons (Fsp3) is 0.412. The zero-order valence-electron chi connectivity index (χ0n) is 26.1. The van der Waals surface area contributed by atoms with Crippen LogP contribution in [0.5, 0.6) is 0 Å². The van der Waals surface area contributed by atoms with E-state index in [1.165, 1.54) is 12.2 Å². The van der Waals surface area contributed by atoms with E-state index in [2.05, 4.69) is 0 Å². The molecule has 1 aliphatic heterocycles. The number of fused-ring (bicyclic) bond motifs is 2. The number of methoxy groups -OCH3 is 2. The minimum Gasteiger partial charge on any atom is -0.468 e. The number of rotatable bonds is 9. The first kappa shape index (κ1) is 33.1. The fourth-order valence-electron chi connectivity index (χ4n) is 6.62. The zero-order valence-corrected chi connectivity index (χ0v) is 26.1. The lowest BCUT2D eigenvalue weighted by atomic mass is 9.40. The van der Waals surface area contributed by atoms with Gasteiger partial charge in [-0.15, -0.1) is 0 Å². The predicted molar refractivity (Wildman–Crippen MR) is 161 cm³/mol. The molecule has 1 fully saturated rings. The molecule has 1 saturated carbocycles. The average molecular weight is 620 g/mol. The highest BCUT2D eigenvalue weighted by molar-refractivity contribution is 6.24. The van der Waals surface area contributed by atoms with Gasteiger partial charge in [-0.1, -0.05) is 54.6 Å². The Labute approximate surface area is 261 Å². The molecular weight excluding hydrogens is 582 g/mol. The van der Waals surface area contributed by atoms with E-state index in [9.17, 15) is 28.8 Å². The van der Waals surface area contributed by atoms with Gasteiger partial charge in [0.1, 0.15) is 5.60 Å². The number of imide groups is 1. The summed E-state index contributed by atoms with van der Waals surface area (Å²) in [6.45, 7) is 6.77. The molecule has 2 aromatic rings. The minimum atomic E-state index is -1.73. The Balaban J connectivity index is 2.00. The molecule has 11 nitrogen and oxygen atoms in total. The van der Waals surface area contributed by atoms with Crippen LogP contribution in [0.4, 0.5) is 10.5 Å². The number of anilines is 1. The fourth-order valence-corrected chi connectivity index (χ4v) is 6.62. The van der Waals surface area contributed by atoms with Gasteiger partial charge in [0.15, 0.2) is 11.7 Å². The van der Waals surface area contributed by atoms with Gasteiger partial charge < -0.3 is 18.9 Å². The normalized spacial score (nSPS) is 22.2. The highest BCUT2D eigenvalue weighted by Crippen LogP contribution is 2.67. The molecule has 0 radical (unpaired) electrons. The van der Waals surface area contributed by atoms with E-state index >= 15 is 0 Å². The standard InChI is InChI=1S/C34H37NO10/c1-7-44-24(36)19-13-17-22-25(26(29(38)42-5)30(39)43-6)27(28(37)20-14-9-8-10-15-20)34(22)21-16-11-12-18-23(21)35(31(34)40)32(41)45-33(2,3)4/h8-16,18-19,22,25-27H,7,17H2,1-6H3/b19-13+/t22-,25+,27?,34+/m1/s1. The van der Waals surface area contributed by atoms with E-state index in [0.717, 1.165) is 19.1 Å². The van der Waals surface area contributed by atoms with Gasteiger partial charge in [-0.3, -0.25) is 19.2 Å². The Kier molecular flexibility index (Phi) is 9.60. The van der Waals surface area contributed by atoms with Crippen molar-refractivity contribution in [2.75, 3.05) is 25.7 Å². The van der Waals surface area contributed by atoms with Crippen LogP contribution >= 0.6 is 0 Å². The van der Waals surface area contributed by atoms with Crippen molar-refractivity contribution in [1.82, 2.24) is 0 Å². The highest BCUT2D eigenvalue weighted by Gasteiger charge is 2.76. The smallest absolute Gasteiger partial charge is 0.421 e. The Hall–Kier alpha value is -4.80. The molecule has 1 heterocycles. The van der Waals surface area contributed by atoms with Crippen LogP contribution < -0.4 is 4.90 Å². The zero-order chi connectivity index (χ0) is 33.1. The maximum atomic E-state index is 14.8. The van der Waals surface area contributed by atoms with Crippen LogP contribution in [-0.4, -0.2) is 62.1 Å². The Morgan fingerprint density at radius 1 is 0.933 bits per heavy atom. The van der Waals surface area contributed by atoms with Crippen LogP contribution in [0, 0.1) is 23.7 Å². The maximum Gasteiger partial charge on any atom is 0.421 e. The molecule has 0 saturated heterocycles. The van der Waals surface area contributed by atoms with Gasteiger partial charge in [0.05, 0.1) is 31.9 Å². The summed E-state index contributed by atoms with van der Waals surface area (Å²) in [5.41, 5.74) is -1.87. The first-order valence-corrected chi connectivity index (χ1v) is 14.6. The van der Waals surface area contributed by atoms with Crippen molar-refractivity contribution in [3.63, 3.8) is 0 Å². The van der Waals surface area contributed by atoms with E-state index in [1.807, 2.05) is 0 Å². The molecule has 0 aromatic heterocycles. The second-order valence-corrected chi connectivity index (χ2v) is 11.8. The monoisotopic (exact) mass is 619 g/mol. The maximum absolute atomic E-state index is 14.8. The molecule has 1 spiro atoms. The number of nitrogens with zero attached hydrogens (tertiary/aromatic N) is 1. The summed E-state index contributed by atoms with van der Waals surface area (Å²) in [6.07, 6.45) is 1.67. The molecule has 1 aliphatic carbocycles. The topological polar surface area (TPSA) is 143 Å². The number of Topliss-reactive ketones (excluding diaryl/α,β-unsaturated/α-hetero) is 1. The van der Waals surface area contributed by atoms with Gasteiger partial charge in [-0.05, 0) is 57.6 Å². The van der Waals surface area contributed by atoms with Crippen molar-refractivity contribution in [3.05, 3.63) is 77.9 Å². The summed E-state index contributed by atoms with van der Waals surface area (Å²) in [4.78, 5) is 82.5. The predicted octanol–water partition coefficient (Wildman–Crippen LogP) is 4.42. The van der Waals surface area contributed by atoms with Crippen LogP contribution in [-0.2, 0) is 43.5 Å². The summed E-state index contributed by atoms with van der Waals surface area (Å²) < 4.78 is 20.6. The summed E-state index contributed by atoms with van der Waals surface area (Å²) in [5, 5.41) is 0. The second-order valence-electron chi connectivity index (χ2n) is 11.8. The van der Waals surface area contributed by atoms with E-state index in [1.54, 1.807) is 82.3 Å². The van der Waals surface area contributed by atoms with Gasteiger partial charge in [0, 0.05) is 17.6 Å². The summed E-state index contributed by atoms with van der Waals surface area (Å²) in [6, 6.07) is 14.7. The van der Waals surface area contributed by atoms with E-state index < -0.39 is 70.4 Å². The lowest BCUT2D eigenvalue weighted by Gasteiger charge is -2.59. The lowest BCUT2D eigenvalue weighted by molar-refractivity contribution is -0.175. The summed E-state index contributed by atoms with van der Waals surface area (Å²) in [7, 11) is 2.22. The number of amides is 2. The molecule has 11 heteroatoms. The van der Waals surface area contributed by atoms with Crippen LogP contribution in [0.1, 0.15) is 50.0 Å². The largest absolute Gasteiger partial charge is 0.468 e. The van der Waals surface area contributed by atoms with Crippen molar-refractivity contribution in [1.29, 1.82) is 0 Å². The number of hydrogen-bond donors (Lipinski definition) is 0. The third-order valence-electron chi connectivity index (χ3n) is 8.22. The van der Waals surface area contributed by atoms with Gasteiger partial charge in [0.25, 0.3) is 0 Å². The van der Waals surface area contributed by atoms with E-state index in [-0.39, 0.29) is 24.3 Å². The lowest BCUT2D eigenvalue weighted by Crippen LogP contribution is -2.70. The molecule has 2 aromatic carbocycles.